The van der Waals surface area contributed by atoms with Crippen LogP contribution in [0.1, 0.15) is 59.8 Å². The van der Waals surface area contributed by atoms with E-state index in [0.29, 0.717) is 18.0 Å². The first-order valence-electron chi connectivity index (χ1n) is 9.28. The summed E-state index contributed by atoms with van der Waals surface area (Å²) in [5.74, 6) is 0.674. The Balaban J connectivity index is 1.61. The Bertz CT molecular complexity index is 367. The lowest BCUT2D eigenvalue weighted by atomic mass is 9.96. The predicted octanol–water partition coefficient (Wildman–Crippen LogP) is 2.75. The molecule has 0 aliphatic carbocycles. The SMILES string of the molecule is CC(CC1CCCN1)NCC1CCN(C(=O)OC(C)(C)C)CC1. The van der Waals surface area contributed by atoms with Gasteiger partial charge in [-0.1, -0.05) is 0 Å². The Kier molecular flexibility index (Phi) is 6.72. The molecule has 2 N–H and O–H groups in total. The van der Waals surface area contributed by atoms with E-state index in [-0.39, 0.29) is 6.09 Å². The van der Waals surface area contributed by atoms with Crippen LogP contribution in [0.25, 0.3) is 0 Å². The van der Waals surface area contributed by atoms with Crippen LogP contribution in [0.4, 0.5) is 4.79 Å². The van der Waals surface area contributed by atoms with Crippen molar-refractivity contribution >= 4 is 6.09 Å². The Labute approximate surface area is 141 Å². The molecular weight excluding hydrogens is 290 g/mol. The minimum Gasteiger partial charge on any atom is -0.444 e. The zero-order valence-electron chi connectivity index (χ0n) is 15.4. The maximum absolute atomic E-state index is 12.1. The molecule has 2 aliphatic heterocycles. The van der Waals surface area contributed by atoms with Crippen molar-refractivity contribution in [1.82, 2.24) is 15.5 Å². The second kappa shape index (κ2) is 8.34. The van der Waals surface area contributed by atoms with Crippen LogP contribution in [0.5, 0.6) is 0 Å². The van der Waals surface area contributed by atoms with Gasteiger partial charge in [-0.25, -0.2) is 4.79 Å². The highest BCUT2D eigenvalue weighted by molar-refractivity contribution is 5.68. The van der Waals surface area contributed by atoms with Crippen molar-refractivity contribution < 1.29 is 9.53 Å². The van der Waals surface area contributed by atoms with E-state index in [1.807, 2.05) is 25.7 Å². The Morgan fingerprint density at radius 3 is 2.57 bits per heavy atom. The van der Waals surface area contributed by atoms with Gasteiger partial charge in [0.25, 0.3) is 0 Å². The van der Waals surface area contributed by atoms with E-state index in [9.17, 15) is 4.79 Å². The van der Waals surface area contributed by atoms with Crippen LogP contribution >= 0.6 is 0 Å². The fourth-order valence-electron chi connectivity index (χ4n) is 3.48. The predicted molar refractivity (Wildman–Crippen MR) is 93.6 cm³/mol. The summed E-state index contributed by atoms with van der Waals surface area (Å²) < 4.78 is 5.45. The van der Waals surface area contributed by atoms with Crippen LogP contribution in [0, 0.1) is 5.92 Å². The number of piperidine rings is 1. The van der Waals surface area contributed by atoms with Crippen molar-refractivity contribution in [2.24, 2.45) is 5.92 Å². The van der Waals surface area contributed by atoms with Gasteiger partial charge >= 0.3 is 6.09 Å². The number of carbonyl (C=O) groups is 1. The van der Waals surface area contributed by atoms with Gasteiger partial charge in [0.05, 0.1) is 0 Å². The molecule has 2 aliphatic rings. The van der Waals surface area contributed by atoms with E-state index in [0.717, 1.165) is 32.5 Å². The second-order valence-electron chi connectivity index (χ2n) is 8.25. The van der Waals surface area contributed by atoms with Crippen LogP contribution in [0.3, 0.4) is 0 Å². The highest BCUT2D eigenvalue weighted by Crippen LogP contribution is 2.19. The van der Waals surface area contributed by atoms with Crippen molar-refractivity contribution in [2.45, 2.75) is 77.5 Å². The average molecular weight is 325 g/mol. The van der Waals surface area contributed by atoms with Gasteiger partial charge in [-0.2, -0.15) is 0 Å². The first kappa shape index (κ1) is 18.5. The summed E-state index contributed by atoms with van der Waals surface area (Å²) in [7, 11) is 0. The van der Waals surface area contributed by atoms with Crippen molar-refractivity contribution in [3.05, 3.63) is 0 Å². The zero-order valence-corrected chi connectivity index (χ0v) is 15.4. The number of amides is 1. The molecule has 2 rings (SSSR count). The van der Waals surface area contributed by atoms with Gasteiger partial charge < -0.3 is 20.3 Å². The zero-order chi connectivity index (χ0) is 16.9. The Hall–Kier alpha value is -0.810. The number of ether oxygens (including phenoxy) is 1. The number of likely N-dealkylation sites (tertiary alicyclic amines) is 1. The topological polar surface area (TPSA) is 53.6 Å². The number of rotatable bonds is 5. The van der Waals surface area contributed by atoms with Gasteiger partial charge in [0.15, 0.2) is 0 Å². The molecule has 2 saturated heterocycles. The molecule has 0 aromatic heterocycles. The molecule has 134 valence electrons. The molecule has 1 amide bonds. The lowest BCUT2D eigenvalue weighted by Crippen LogP contribution is -2.44. The third-order valence-electron chi connectivity index (χ3n) is 4.82. The lowest BCUT2D eigenvalue weighted by molar-refractivity contribution is 0.0183. The molecule has 2 unspecified atom stereocenters. The molecule has 2 heterocycles. The standard InChI is InChI=1S/C18H35N3O2/c1-14(12-16-6-5-9-19-16)20-13-15-7-10-21(11-8-15)17(22)23-18(2,3)4/h14-16,19-20H,5-13H2,1-4H3. The van der Waals surface area contributed by atoms with Gasteiger partial charge in [0.2, 0.25) is 0 Å². The molecule has 0 bridgehead atoms. The monoisotopic (exact) mass is 325 g/mol. The molecule has 0 aromatic rings. The summed E-state index contributed by atoms with van der Waals surface area (Å²) >= 11 is 0. The van der Waals surface area contributed by atoms with Crippen molar-refractivity contribution in [3.8, 4) is 0 Å². The van der Waals surface area contributed by atoms with E-state index in [1.54, 1.807) is 0 Å². The van der Waals surface area contributed by atoms with Crippen molar-refractivity contribution in [1.29, 1.82) is 0 Å². The fraction of sp³-hybridized carbons (Fsp3) is 0.944. The highest BCUT2D eigenvalue weighted by Gasteiger charge is 2.27. The summed E-state index contributed by atoms with van der Waals surface area (Å²) in [4.78, 5) is 13.9. The van der Waals surface area contributed by atoms with Gasteiger partial charge in [0.1, 0.15) is 5.60 Å². The van der Waals surface area contributed by atoms with E-state index < -0.39 is 5.60 Å². The molecule has 23 heavy (non-hydrogen) atoms. The molecule has 0 saturated carbocycles. The summed E-state index contributed by atoms with van der Waals surface area (Å²) in [5.41, 5.74) is -0.404. The van der Waals surface area contributed by atoms with E-state index >= 15 is 0 Å². The normalized spacial score (nSPS) is 24.7. The maximum atomic E-state index is 12.1. The number of nitrogens with zero attached hydrogens (tertiary/aromatic N) is 1. The smallest absolute Gasteiger partial charge is 0.410 e. The molecule has 5 nitrogen and oxygen atoms in total. The van der Waals surface area contributed by atoms with Gasteiger partial charge in [-0.3, -0.25) is 0 Å². The van der Waals surface area contributed by atoms with E-state index in [4.69, 9.17) is 4.74 Å². The highest BCUT2D eigenvalue weighted by atomic mass is 16.6. The summed E-state index contributed by atoms with van der Waals surface area (Å²) in [6.45, 7) is 11.9. The number of hydrogen-bond donors (Lipinski definition) is 2. The van der Waals surface area contributed by atoms with Gasteiger partial charge in [-0.05, 0) is 78.8 Å². The first-order valence-corrected chi connectivity index (χ1v) is 9.28. The largest absolute Gasteiger partial charge is 0.444 e. The number of carbonyl (C=O) groups excluding carboxylic acids is 1. The summed E-state index contributed by atoms with van der Waals surface area (Å²) in [6, 6.07) is 1.26. The molecule has 0 aromatic carbocycles. The van der Waals surface area contributed by atoms with E-state index in [1.165, 1.54) is 25.8 Å². The quantitative estimate of drug-likeness (QED) is 0.816. The van der Waals surface area contributed by atoms with Crippen LogP contribution in [0.15, 0.2) is 0 Å². The summed E-state index contributed by atoms with van der Waals surface area (Å²) in [6.07, 6.45) is 5.84. The fourth-order valence-corrected chi connectivity index (χ4v) is 3.48. The number of hydrogen-bond acceptors (Lipinski definition) is 4. The molecule has 2 atom stereocenters. The van der Waals surface area contributed by atoms with Crippen molar-refractivity contribution in [2.75, 3.05) is 26.2 Å². The van der Waals surface area contributed by atoms with Crippen LogP contribution in [-0.2, 0) is 4.74 Å². The third kappa shape index (κ3) is 6.68. The molecular formula is C18H35N3O2. The van der Waals surface area contributed by atoms with Crippen molar-refractivity contribution in [3.63, 3.8) is 0 Å². The van der Waals surface area contributed by atoms with Crippen LogP contribution in [-0.4, -0.2) is 54.9 Å². The molecule has 5 heteroatoms. The Morgan fingerprint density at radius 1 is 1.30 bits per heavy atom. The Morgan fingerprint density at radius 2 is 2.00 bits per heavy atom. The minimum atomic E-state index is -0.404. The summed E-state index contributed by atoms with van der Waals surface area (Å²) in [5, 5.41) is 7.25. The minimum absolute atomic E-state index is 0.162. The van der Waals surface area contributed by atoms with Gasteiger partial charge in [0, 0.05) is 25.2 Å². The van der Waals surface area contributed by atoms with Gasteiger partial charge in [-0.15, -0.1) is 0 Å². The second-order valence-corrected chi connectivity index (χ2v) is 8.25. The van der Waals surface area contributed by atoms with E-state index in [2.05, 4.69) is 17.6 Å². The molecule has 2 fully saturated rings. The maximum Gasteiger partial charge on any atom is 0.410 e. The third-order valence-corrected chi connectivity index (χ3v) is 4.82. The number of nitrogens with one attached hydrogen (secondary N) is 2. The average Bonchev–Trinajstić information content (AvgIpc) is 2.97. The van der Waals surface area contributed by atoms with Crippen LogP contribution in [0.2, 0.25) is 0 Å². The molecule has 0 radical (unpaired) electrons. The van der Waals surface area contributed by atoms with Crippen LogP contribution < -0.4 is 10.6 Å². The molecule has 0 spiro atoms. The lowest BCUT2D eigenvalue weighted by Gasteiger charge is -2.34. The first-order chi connectivity index (χ1) is 10.8.